The van der Waals surface area contributed by atoms with Gasteiger partial charge in [0, 0.05) is 5.56 Å². The number of carbonyl (C=O) groups is 1. The second-order valence-electron chi connectivity index (χ2n) is 7.85. The average molecular weight is 419 g/mol. The molecule has 0 amide bonds. The molecule has 0 bridgehead atoms. The van der Waals surface area contributed by atoms with E-state index in [1.165, 1.54) is 12.1 Å². The summed E-state index contributed by atoms with van der Waals surface area (Å²) in [6.07, 6.45) is 2.41. The van der Waals surface area contributed by atoms with Gasteiger partial charge in [-0.15, -0.1) is 0 Å². The van der Waals surface area contributed by atoms with Gasteiger partial charge in [0.1, 0.15) is 24.2 Å². The van der Waals surface area contributed by atoms with Crippen LogP contribution < -0.4 is 4.74 Å². The van der Waals surface area contributed by atoms with Crippen molar-refractivity contribution >= 4 is 5.97 Å². The van der Waals surface area contributed by atoms with Gasteiger partial charge in [-0.1, -0.05) is 67.1 Å². The molecule has 1 saturated heterocycles. The van der Waals surface area contributed by atoms with Crippen molar-refractivity contribution in [2.45, 2.75) is 38.0 Å². The monoisotopic (exact) mass is 419 g/mol. The maximum absolute atomic E-state index is 13.7. The number of benzene rings is 3. The molecule has 0 aromatic heterocycles. The van der Waals surface area contributed by atoms with Gasteiger partial charge in [0.15, 0.2) is 0 Å². The van der Waals surface area contributed by atoms with Crippen LogP contribution in [0, 0.1) is 5.82 Å². The van der Waals surface area contributed by atoms with E-state index in [2.05, 4.69) is 0 Å². The smallest absolute Gasteiger partial charge is 0.320 e. The maximum Gasteiger partial charge on any atom is 0.320 e. The van der Waals surface area contributed by atoms with E-state index in [-0.39, 0.29) is 11.9 Å². The Balaban J connectivity index is 1.73. The van der Waals surface area contributed by atoms with Crippen LogP contribution >= 0.6 is 0 Å². The van der Waals surface area contributed by atoms with Crippen LogP contribution in [0.5, 0.6) is 5.75 Å². The Morgan fingerprint density at radius 1 is 1.00 bits per heavy atom. The van der Waals surface area contributed by atoms with Crippen LogP contribution in [0.3, 0.4) is 0 Å². The first kappa shape index (κ1) is 21.1. The van der Waals surface area contributed by atoms with E-state index in [1.54, 1.807) is 12.1 Å². The highest BCUT2D eigenvalue weighted by molar-refractivity contribution is 5.73. The van der Waals surface area contributed by atoms with Gasteiger partial charge in [-0.2, -0.15) is 0 Å². The molecule has 0 saturated carbocycles. The second kappa shape index (κ2) is 9.75. The molecule has 3 aromatic carbocycles. The molecular formula is C26H26FNO3. The number of carboxylic acids is 1. The fraction of sp³-hybridized carbons (Fsp3) is 0.269. The topological polar surface area (TPSA) is 49.8 Å². The molecule has 1 aliphatic heterocycles. The van der Waals surface area contributed by atoms with Crippen molar-refractivity contribution in [2.24, 2.45) is 0 Å². The summed E-state index contributed by atoms with van der Waals surface area (Å²) in [6.45, 7) is 1.07. The van der Waals surface area contributed by atoms with Gasteiger partial charge in [-0.3, -0.25) is 9.69 Å². The lowest BCUT2D eigenvalue weighted by Gasteiger charge is -2.40. The first-order valence-corrected chi connectivity index (χ1v) is 10.6. The maximum atomic E-state index is 13.7. The van der Waals surface area contributed by atoms with E-state index >= 15 is 0 Å². The fourth-order valence-electron chi connectivity index (χ4n) is 4.30. The molecule has 2 atom stereocenters. The minimum absolute atomic E-state index is 0.315. The minimum atomic E-state index is -0.825. The third-order valence-electron chi connectivity index (χ3n) is 5.80. The number of rotatable bonds is 7. The van der Waals surface area contributed by atoms with E-state index in [9.17, 15) is 14.3 Å². The van der Waals surface area contributed by atoms with Crippen molar-refractivity contribution in [1.82, 2.24) is 4.90 Å². The van der Waals surface area contributed by atoms with Crippen LogP contribution in [-0.4, -0.2) is 28.6 Å². The highest BCUT2D eigenvalue weighted by Crippen LogP contribution is 2.38. The lowest BCUT2D eigenvalue weighted by molar-refractivity contribution is -0.145. The van der Waals surface area contributed by atoms with Gasteiger partial charge in [-0.05, 0) is 48.7 Å². The van der Waals surface area contributed by atoms with Crippen LogP contribution in [0.2, 0.25) is 0 Å². The number of carboxylic acid groups (broad SMARTS) is 1. The number of hydrogen-bond acceptors (Lipinski definition) is 3. The van der Waals surface area contributed by atoms with Gasteiger partial charge in [-0.25, -0.2) is 4.39 Å². The summed E-state index contributed by atoms with van der Waals surface area (Å²) in [6, 6.07) is 23.0. The van der Waals surface area contributed by atoms with Crippen molar-refractivity contribution in [3.8, 4) is 5.75 Å². The molecule has 4 rings (SSSR count). The normalized spacial score (nSPS) is 17.8. The quantitative estimate of drug-likeness (QED) is 0.555. The Hall–Kier alpha value is -3.18. The number of ether oxygens (including phenoxy) is 1. The highest BCUT2D eigenvalue weighted by atomic mass is 19.1. The predicted octanol–water partition coefficient (Wildman–Crippen LogP) is 5.43. The van der Waals surface area contributed by atoms with Crippen molar-refractivity contribution in [3.63, 3.8) is 0 Å². The van der Waals surface area contributed by atoms with Gasteiger partial charge >= 0.3 is 5.97 Å². The number of likely N-dealkylation sites (tertiary alicyclic amines) is 1. The zero-order chi connectivity index (χ0) is 21.6. The summed E-state index contributed by atoms with van der Waals surface area (Å²) in [7, 11) is 0. The summed E-state index contributed by atoms with van der Waals surface area (Å²) in [5.41, 5.74) is 2.79. The number of halogens is 1. The highest BCUT2D eigenvalue weighted by Gasteiger charge is 2.36. The summed E-state index contributed by atoms with van der Waals surface area (Å²) >= 11 is 0. The van der Waals surface area contributed by atoms with E-state index in [0.717, 1.165) is 29.5 Å². The standard InChI is InChI=1S/C26H26FNO3/c27-21-15-13-20(14-16-21)25(28-17-7-6-11-23(28)26(29)30)22-10-4-5-12-24(22)31-18-19-8-2-1-3-9-19/h1-5,8-10,12-16,23,25H,6-7,11,17-18H2,(H,29,30). The van der Waals surface area contributed by atoms with Gasteiger partial charge in [0.05, 0.1) is 6.04 Å². The molecule has 1 N–H and O–H groups in total. The summed E-state index contributed by atoms with van der Waals surface area (Å²) in [4.78, 5) is 14.1. The molecule has 2 unspecified atom stereocenters. The molecule has 1 aliphatic rings. The van der Waals surface area contributed by atoms with Crippen LogP contribution in [0.25, 0.3) is 0 Å². The van der Waals surface area contributed by atoms with E-state index in [1.807, 2.05) is 59.5 Å². The summed E-state index contributed by atoms with van der Waals surface area (Å²) in [5, 5.41) is 9.88. The molecule has 0 radical (unpaired) electrons. The van der Waals surface area contributed by atoms with Gasteiger partial charge in [0.2, 0.25) is 0 Å². The van der Waals surface area contributed by atoms with Crippen molar-refractivity contribution in [2.75, 3.05) is 6.54 Å². The van der Waals surface area contributed by atoms with Crippen LogP contribution in [0.4, 0.5) is 4.39 Å². The van der Waals surface area contributed by atoms with Crippen molar-refractivity contribution < 1.29 is 19.0 Å². The number of aliphatic carboxylic acids is 1. The summed E-state index contributed by atoms with van der Waals surface area (Å²) < 4.78 is 19.8. The van der Waals surface area contributed by atoms with E-state index < -0.39 is 12.0 Å². The lowest BCUT2D eigenvalue weighted by Crippen LogP contribution is -2.46. The van der Waals surface area contributed by atoms with E-state index in [4.69, 9.17) is 4.74 Å². The Kier molecular flexibility index (Phi) is 6.63. The largest absolute Gasteiger partial charge is 0.489 e. The first-order chi connectivity index (χ1) is 15.1. The SMILES string of the molecule is O=C(O)C1CCCCN1C(c1ccc(F)cc1)c1ccccc1OCc1ccccc1. The molecule has 5 heteroatoms. The molecule has 0 aliphatic carbocycles. The Labute approximate surface area is 181 Å². The van der Waals surface area contributed by atoms with Crippen LogP contribution in [0.15, 0.2) is 78.9 Å². The third-order valence-corrected chi connectivity index (χ3v) is 5.80. The van der Waals surface area contributed by atoms with E-state index in [0.29, 0.717) is 25.3 Å². The zero-order valence-corrected chi connectivity index (χ0v) is 17.3. The molecule has 1 fully saturated rings. The molecule has 1 heterocycles. The fourth-order valence-corrected chi connectivity index (χ4v) is 4.30. The van der Waals surface area contributed by atoms with Crippen LogP contribution in [-0.2, 0) is 11.4 Å². The molecule has 4 nitrogen and oxygen atoms in total. The third kappa shape index (κ3) is 4.94. The molecule has 31 heavy (non-hydrogen) atoms. The number of piperidine rings is 1. The zero-order valence-electron chi connectivity index (χ0n) is 17.3. The molecule has 160 valence electrons. The lowest BCUT2D eigenvalue weighted by atomic mass is 9.91. The van der Waals surface area contributed by atoms with Gasteiger partial charge < -0.3 is 9.84 Å². The van der Waals surface area contributed by atoms with Crippen LogP contribution in [0.1, 0.15) is 42.0 Å². The Morgan fingerprint density at radius 2 is 1.71 bits per heavy atom. The Bertz CT molecular complexity index is 1010. The Morgan fingerprint density at radius 3 is 2.45 bits per heavy atom. The number of hydrogen-bond donors (Lipinski definition) is 1. The number of para-hydroxylation sites is 1. The van der Waals surface area contributed by atoms with Gasteiger partial charge in [0.25, 0.3) is 0 Å². The predicted molar refractivity (Wildman–Crippen MR) is 117 cm³/mol. The van der Waals surface area contributed by atoms with Crippen molar-refractivity contribution in [3.05, 3.63) is 101 Å². The average Bonchev–Trinajstić information content (AvgIpc) is 2.81. The minimum Gasteiger partial charge on any atom is -0.489 e. The molecule has 0 spiro atoms. The molecular weight excluding hydrogens is 393 g/mol. The molecule has 3 aromatic rings. The summed E-state index contributed by atoms with van der Waals surface area (Å²) in [5.74, 6) is -0.436. The number of nitrogens with zero attached hydrogens (tertiary/aromatic N) is 1. The first-order valence-electron chi connectivity index (χ1n) is 10.6. The van der Waals surface area contributed by atoms with Crippen molar-refractivity contribution in [1.29, 1.82) is 0 Å². The second-order valence-corrected chi connectivity index (χ2v) is 7.85.